The number of amides is 4. The van der Waals surface area contributed by atoms with Crippen LogP contribution in [-0.4, -0.2) is 41.9 Å². The molecule has 2 aromatic carbocycles. The van der Waals surface area contributed by atoms with Crippen molar-refractivity contribution in [1.82, 2.24) is 10.2 Å². The number of nitrogens with one attached hydrogen (secondary N) is 2. The van der Waals surface area contributed by atoms with E-state index in [4.69, 9.17) is 4.74 Å². The molecule has 8 nitrogen and oxygen atoms in total. The number of benzene rings is 2. The van der Waals surface area contributed by atoms with E-state index < -0.39 is 48.3 Å². The molecule has 29 heavy (non-hydrogen) atoms. The first-order chi connectivity index (χ1) is 13.8. The molecule has 1 aliphatic heterocycles. The van der Waals surface area contributed by atoms with Gasteiger partial charge in [0.05, 0.1) is 0 Å². The van der Waals surface area contributed by atoms with E-state index in [1.807, 2.05) is 0 Å². The number of urea groups is 1. The molecule has 2 aromatic rings. The van der Waals surface area contributed by atoms with Gasteiger partial charge >= 0.3 is 12.0 Å². The van der Waals surface area contributed by atoms with E-state index in [1.165, 1.54) is 24.3 Å². The first-order valence-electron chi connectivity index (χ1n) is 8.70. The first-order valence-corrected chi connectivity index (χ1v) is 8.70. The third kappa shape index (κ3) is 4.40. The Hall–Kier alpha value is -3.75. The molecule has 4 amide bonds. The van der Waals surface area contributed by atoms with Crippen molar-refractivity contribution in [1.29, 1.82) is 0 Å². The number of carbonyl (C=O) groups excluding carboxylic acids is 4. The third-order valence-electron chi connectivity index (χ3n) is 4.41. The summed E-state index contributed by atoms with van der Waals surface area (Å²) in [5.41, 5.74) is -0.383. The summed E-state index contributed by atoms with van der Waals surface area (Å²) in [5.74, 6) is -2.61. The Labute approximate surface area is 165 Å². The minimum absolute atomic E-state index is 0.333. The van der Waals surface area contributed by atoms with Crippen molar-refractivity contribution in [2.45, 2.75) is 12.5 Å². The Morgan fingerprint density at radius 1 is 1.10 bits per heavy atom. The van der Waals surface area contributed by atoms with Crippen LogP contribution in [0.25, 0.3) is 0 Å². The zero-order valence-electron chi connectivity index (χ0n) is 15.5. The van der Waals surface area contributed by atoms with E-state index in [1.54, 1.807) is 37.3 Å². The molecule has 0 unspecified atom stereocenters. The maximum absolute atomic E-state index is 12.9. The van der Waals surface area contributed by atoms with Gasteiger partial charge in [-0.05, 0) is 36.8 Å². The molecule has 0 spiro atoms. The number of halogens is 1. The van der Waals surface area contributed by atoms with Crippen LogP contribution in [0, 0.1) is 5.82 Å². The maximum Gasteiger partial charge on any atom is 0.326 e. The zero-order valence-corrected chi connectivity index (χ0v) is 15.5. The van der Waals surface area contributed by atoms with Crippen molar-refractivity contribution in [3.05, 3.63) is 66.0 Å². The van der Waals surface area contributed by atoms with Gasteiger partial charge < -0.3 is 15.4 Å². The molecule has 1 fully saturated rings. The van der Waals surface area contributed by atoms with Gasteiger partial charge in [0.2, 0.25) is 0 Å². The number of carbonyl (C=O) groups is 4. The van der Waals surface area contributed by atoms with Gasteiger partial charge in [-0.2, -0.15) is 0 Å². The normalized spacial score (nSPS) is 18.3. The van der Waals surface area contributed by atoms with E-state index >= 15 is 0 Å². The van der Waals surface area contributed by atoms with Crippen LogP contribution in [0.5, 0.6) is 0 Å². The lowest BCUT2D eigenvalue weighted by Gasteiger charge is -2.21. The van der Waals surface area contributed by atoms with Crippen LogP contribution in [0.15, 0.2) is 54.6 Å². The molecule has 0 radical (unpaired) electrons. The fraction of sp³-hybridized carbons (Fsp3) is 0.200. The monoisotopic (exact) mass is 399 g/mol. The van der Waals surface area contributed by atoms with Crippen molar-refractivity contribution in [2.75, 3.05) is 18.5 Å². The van der Waals surface area contributed by atoms with Crippen LogP contribution >= 0.6 is 0 Å². The predicted molar refractivity (Wildman–Crippen MR) is 100 cm³/mol. The first kappa shape index (κ1) is 20.0. The van der Waals surface area contributed by atoms with Crippen molar-refractivity contribution < 1.29 is 28.3 Å². The highest BCUT2D eigenvalue weighted by Gasteiger charge is 2.49. The molecule has 0 saturated carbocycles. The van der Waals surface area contributed by atoms with Gasteiger partial charge in [-0.1, -0.05) is 30.3 Å². The SMILES string of the molecule is C[C@@]1(c2ccccc2)NC(=O)N(CC(=O)OCC(=O)Nc2ccc(F)cc2)C1=O. The summed E-state index contributed by atoms with van der Waals surface area (Å²) in [7, 11) is 0. The standard InChI is InChI=1S/C20H18FN3O5/c1-20(13-5-3-2-4-6-13)18(27)24(19(28)23-20)11-17(26)29-12-16(25)22-15-9-7-14(21)8-10-15/h2-10H,11-12H2,1H3,(H,22,25)(H,23,28)/t20-/m0/s1. The number of anilines is 1. The molecule has 0 bridgehead atoms. The number of rotatable bonds is 6. The molecular formula is C20H18FN3O5. The summed E-state index contributed by atoms with van der Waals surface area (Å²) in [6, 6.07) is 13.0. The molecular weight excluding hydrogens is 381 g/mol. The number of imide groups is 1. The van der Waals surface area contributed by atoms with Crippen LogP contribution in [-0.2, 0) is 24.7 Å². The number of ether oxygens (including phenoxy) is 1. The van der Waals surface area contributed by atoms with Crippen LogP contribution in [0.3, 0.4) is 0 Å². The zero-order chi connectivity index (χ0) is 21.0. The van der Waals surface area contributed by atoms with Crippen LogP contribution in [0.2, 0.25) is 0 Å². The van der Waals surface area contributed by atoms with Gasteiger partial charge in [-0.15, -0.1) is 0 Å². The summed E-state index contributed by atoms with van der Waals surface area (Å²) < 4.78 is 17.7. The Balaban J connectivity index is 1.55. The smallest absolute Gasteiger partial charge is 0.326 e. The minimum atomic E-state index is -1.29. The summed E-state index contributed by atoms with van der Waals surface area (Å²) in [6.07, 6.45) is 0. The molecule has 1 saturated heterocycles. The van der Waals surface area contributed by atoms with Crippen LogP contribution < -0.4 is 10.6 Å². The molecule has 0 aliphatic carbocycles. The van der Waals surface area contributed by atoms with Gasteiger partial charge in [-0.25, -0.2) is 9.18 Å². The van der Waals surface area contributed by atoms with Gasteiger partial charge in [0.1, 0.15) is 17.9 Å². The summed E-state index contributed by atoms with van der Waals surface area (Å²) in [5, 5.41) is 5.00. The van der Waals surface area contributed by atoms with Crippen LogP contribution in [0.4, 0.5) is 14.9 Å². The average Bonchev–Trinajstić information content (AvgIpc) is 2.93. The largest absolute Gasteiger partial charge is 0.454 e. The lowest BCUT2D eigenvalue weighted by atomic mass is 9.92. The molecule has 0 aromatic heterocycles. The number of esters is 1. The Kier molecular flexibility index (Phi) is 5.58. The number of hydrogen-bond acceptors (Lipinski definition) is 5. The topological polar surface area (TPSA) is 105 Å². The summed E-state index contributed by atoms with van der Waals surface area (Å²) in [4.78, 5) is 49.5. The van der Waals surface area contributed by atoms with Crippen molar-refractivity contribution in [2.24, 2.45) is 0 Å². The number of nitrogens with zero attached hydrogens (tertiary/aromatic N) is 1. The Bertz CT molecular complexity index is 948. The van der Waals surface area contributed by atoms with Crippen LogP contribution in [0.1, 0.15) is 12.5 Å². The molecule has 1 heterocycles. The molecule has 3 rings (SSSR count). The Morgan fingerprint density at radius 3 is 2.41 bits per heavy atom. The molecule has 150 valence electrons. The molecule has 1 atom stereocenters. The highest BCUT2D eigenvalue weighted by Crippen LogP contribution is 2.28. The van der Waals surface area contributed by atoms with E-state index in [2.05, 4.69) is 10.6 Å². The van der Waals surface area contributed by atoms with E-state index in [9.17, 15) is 23.6 Å². The van der Waals surface area contributed by atoms with Gasteiger partial charge in [0.25, 0.3) is 11.8 Å². The molecule has 1 aliphatic rings. The van der Waals surface area contributed by atoms with E-state index in [-0.39, 0.29) is 0 Å². The summed E-state index contributed by atoms with van der Waals surface area (Å²) in [6.45, 7) is 0.302. The highest BCUT2D eigenvalue weighted by atomic mass is 19.1. The second-order valence-electron chi connectivity index (χ2n) is 6.53. The minimum Gasteiger partial charge on any atom is -0.454 e. The van der Waals surface area contributed by atoms with Gasteiger partial charge in [-0.3, -0.25) is 19.3 Å². The second-order valence-corrected chi connectivity index (χ2v) is 6.53. The number of hydrogen-bond donors (Lipinski definition) is 2. The maximum atomic E-state index is 12.9. The fourth-order valence-electron chi connectivity index (χ4n) is 2.86. The van der Waals surface area contributed by atoms with Gasteiger partial charge in [0, 0.05) is 5.69 Å². The van der Waals surface area contributed by atoms with Gasteiger partial charge in [0.15, 0.2) is 6.61 Å². The average molecular weight is 399 g/mol. The lowest BCUT2D eigenvalue weighted by molar-refractivity contribution is -0.150. The predicted octanol–water partition coefficient (Wildman–Crippen LogP) is 1.77. The molecule has 2 N–H and O–H groups in total. The third-order valence-corrected chi connectivity index (χ3v) is 4.41. The fourth-order valence-corrected chi connectivity index (χ4v) is 2.86. The lowest BCUT2D eigenvalue weighted by Crippen LogP contribution is -2.41. The summed E-state index contributed by atoms with van der Waals surface area (Å²) >= 11 is 0. The Morgan fingerprint density at radius 2 is 1.76 bits per heavy atom. The van der Waals surface area contributed by atoms with Crippen molar-refractivity contribution in [3.63, 3.8) is 0 Å². The van der Waals surface area contributed by atoms with E-state index in [0.717, 1.165) is 4.90 Å². The molecule has 9 heteroatoms. The van der Waals surface area contributed by atoms with E-state index in [0.29, 0.717) is 11.3 Å². The van der Waals surface area contributed by atoms with Crippen molar-refractivity contribution >= 4 is 29.5 Å². The quantitative estimate of drug-likeness (QED) is 0.569. The highest BCUT2D eigenvalue weighted by molar-refractivity contribution is 6.08. The van der Waals surface area contributed by atoms with Crippen molar-refractivity contribution in [3.8, 4) is 0 Å². The second kappa shape index (κ2) is 8.09.